The van der Waals surface area contributed by atoms with Gasteiger partial charge in [-0.25, -0.2) is 4.98 Å². The Kier molecular flexibility index (Phi) is 7.55. The zero-order valence-corrected chi connectivity index (χ0v) is 22.0. The molecule has 1 fully saturated rings. The van der Waals surface area contributed by atoms with Crippen molar-refractivity contribution in [2.45, 2.75) is 66.7 Å². The van der Waals surface area contributed by atoms with Gasteiger partial charge in [0.05, 0.1) is 24.9 Å². The molecule has 7 heteroatoms. The summed E-state index contributed by atoms with van der Waals surface area (Å²) in [6.07, 6.45) is 2.61. The first-order chi connectivity index (χ1) is 16.2. The quantitative estimate of drug-likeness (QED) is 0.469. The number of carbonyl (C=O) groups excluding carboxylic acids is 1. The topological polar surface area (TPSA) is 59.4 Å². The molecule has 1 N–H and O–H groups in total. The number of aromatic nitrogens is 2. The molecule has 1 amide bonds. The monoisotopic (exact) mass is 480 g/mol. The number of aryl methyl sites for hydroxylation is 4. The Balaban J connectivity index is 1.38. The lowest BCUT2D eigenvalue weighted by Crippen LogP contribution is -2.30. The highest BCUT2D eigenvalue weighted by Crippen LogP contribution is 2.30. The average molecular weight is 481 g/mol. The van der Waals surface area contributed by atoms with Gasteiger partial charge in [0, 0.05) is 41.2 Å². The minimum atomic E-state index is -0.00740. The van der Waals surface area contributed by atoms with E-state index in [2.05, 4.69) is 54.2 Å². The van der Waals surface area contributed by atoms with E-state index < -0.39 is 0 Å². The molecule has 1 aliphatic heterocycles. The van der Waals surface area contributed by atoms with Crippen molar-refractivity contribution in [3.63, 3.8) is 0 Å². The van der Waals surface area contributed by atoms with E-state index in [1.165, 1.54) is 22.5 Å². The third-order valence-electron chi connectivity index (χ3n) is 6.57. The Bertz CT molecular complexity index is 1150. The van der Waals surface area contributed by atoms with E-state index in [4.69, 9.17) is 9.72 Å². The lowest BCUT2D eigenvalue weighted by atomic mass is 10.1. The van der Waals surface area contributed by atoms with Crippen LogP contribution in [-0.4, -0.2) is 46.7 Å². The molecule has 0 saturated carbocycles. The summed E-state index contributed by atoms with van der Waals surface area (Å²) in [5.74, 6) is -0.00740. The highest BCUT2D eigenvalue weighted by Gasteiger charge is 2.20. The van der Waals surface area contributed by atoms with Crippen molar-refractivity contribution < 1.29 is 9.53 Å². The molecule has 3 heterocycles. The molecule has 0 aliphatic carbocycles. The molecule has 1 aliphatic rings. The van der Waals surface area contributed by atoms with Crippen molar-refractivity contribution in [1.29, 1.82) is 0 Å². The zero-order chi connectivity index (χ0) is 24.4. The number of likely N-dealkylation sites (N-methyl/N-ethyl adjacent to an activating group) is 1. The van der Waals surface area contributed by atoms with Gasteiger partial charge >= 0.3 is 0 Å². The van der Waals surface area contributed by atoms with Crippen LogP contribution in [0, 0.1) is 34.6 Å². The first-order valence-corrected chi connectivity index (χ1v) is 12.9. The van der Waals surface area contributed by atoms with Crippen molar-refractivity contribution in [1.82, 2.24) is 14.5 Å². The SMILES string of the molecule is Cc1cc(C)c(NC(=O)CN(C)Cc2nc(-c3cc(C)n(C[C@H]4CCCO4)c3C)cs2)c(C)c1. The second-order valence-electron chi connectivity index (χ2n) is 9.65. The Labute approximate surface area is 207 Å². The van der Waals surface area contributed by atoms with Gasteiger partial charge in [0.15, 0.2) is 0 Å². The van der Waals surface area contributed by atoms with Gasteiger partial charge in [0.2, 0.25) is 5.91 Å². The fourth-order valence-electron chi connectivity index (χ4n) is 4.93. The van der Waals surface area contributed by atoms with Gasteiger partial charge in [-0.2, -0.15) is 0 Å². The van der Waals surface area contributed by atoms with Crippen LogP contribution in [0.3, 0.4) is 0 Å². The summed E-state index contributed by atoms with van der Waals surface area (Å²) < 4.78 is 8.20. The summed E-state index contributed by atoms with van der Waals surface area (Å²) >= 11 is 1.65. The molecule has 182 valence electrons. The smallest absolute Gasteiger partial charge is 0.238 e. The highest BCUT2D eigenvalue weighted by atomic mass is 32.1. The van der Waals surface area contributed by atoms with E-state index in [1.807, 2.05) is 25.8 Å². The van der Waals surface area contributed by atoms with Crippen LogP contribution in [0.15, 0.2) is 23.6 Å². The molecule has 2 aromatic heterocycles. The van der Waals surface area contributed by atoms with Crippen LogP contribution in [0.1, 0.15) is 45.9 Å². The number of nitrogens with one attached hydrogen (secondary N) is 1. The second-order valence-corrected chi connectivity index (χ2v) is 10.6. The number of thiazole rings is 1. The number of nitrogens with zero attached hydrogens (tertiary/aromatic N) is 3. The second kappa shape index (κ2) is 10.4. The van der Waals surface area contributed by atoms with Crippen molar-refractivity contribution in [2.75, 3.05) is 25.5 Å². The van der Waals surface area contributed by atoms with Crippen molar-refractivity contribution in [3.8, 4) is 11.3 Å². The van der Waals surface area contributed by atoms with Crippen LogP contribution in [0.2, 0.25) is 0 Å². The molecule has 0 spiro atoms. The minimum Gasteiger partial charge on any atom is -0.376 e. The third-order valence-corrected chi connectivity index (χ3v) is 7.41. The van der Waals surface area contributed by atoms with Crippen LogP contribution in [0.25, 0.3) is 11.3 Å². The van der Waals surface area contributed by atoms with Crippen molar-refractivity contribution in [2.24, 2.45) is 0 Å². The summed E-state index contributed by atoms with van der Waals surface area (Å²) in [5.41, 5.74) is 8.98. The van der Waals surface area contributed by atoms with Crippen LogP contribution in [0.5, 0.6) is 0 Å². The van der Waals surface area contributed by atoms with Gasteiger partial charge in [-0.15, -0.1) is 11.3 Å². The molecule has 1 atom stereocenters. The van der Waals surface area contributed by atoms with Crippen molar-refractivity contribution in [3.05, 3.63) is 56.7 Å². The number of anilines is 1. The normalized spacial score (nSPS) is 15.9. The van der Waals surface area contributed by atoms with E-state index in [9.17, 15) is 4.79 Å². The van der Waals surface area contributed by atoms with Gasteiger partial charge in [-0.05, 0) is 71.7 Å². The van der Waals surface area contributed by atoms with Gasteiger partial charge in [-0.1, -0.05) is 17.7 Å². The predicted molar refractivity (Wildman–Crippen MR) is 140 cm³/mol. The van der Waals surface area contributed by atoms with Crippen LogP contribution >= 0.6 is 11.3 Å². The fourth-order valence-corrected chi connectivity index (χ4v) is 5.80. The lowest BCUT2D eigenvalue weighted by Gasteiger charge is -2.17. The number of rotatable bonds is 8. The number of carbonyl (C=O) groups is 1. The van der Waals surface area contributed by atoms with E-state index in [0.29, 0.717) is 19.2 Å². The highest BCUT2D eigenvalue weighted by molar-refractivity contribution is 7.09. The first kappa shape index (κ1) is 24.6. The zero-order valence-electron chi connectivity index (χ0n) is 21.2. The number of amides is 1. The summed E-state index contributed by atoms with van der Waals surface area (Å²) in [5, 5.41) is 6.23. The van der Waals surface area contributed by atoms with Gasteiger partial charge in [0.1, 0.15) is 5.01 Å². The van der Waals surface area contributed by atoms with E-state index >= 15 is 0 Å². The van der Waals surface area contributed by atoms with Crippen molar-refractivity contribution >= 4 is 22.9 Å². The molecule has 0 unspecified atom stereocenters. The summed E-state index contributed by atoms with van der Waals surface area (Å²) in [4.78, 5) is 19.6. The fraction of sp³-hybridized carbons (Fsp3) is 0.481. The minimum absolute atomic E-state index is 0.00740. The van der Waals surface area contributed by atoms with Crippen LogP contribution < -0.4 is 5.32 Å². The molecule has 1 aromatic carbocycles. The maximum absolute atomic E-state index is 12.7. The van der Waals surface area contributed by atoms with E-state index in [0.717, 1.165) is 53.5 Å². The first-order valence-electron chi connectivity index (χ1n) is 12.0. The molecular formula is C27H36N4O2S. The maximum atomic E-state index is 12.7. The third kappa shape index (κ3) is 5.59. The lowest BCUT2D eigenvalue weighted by molar-refractivity contribution is -0.117. The Morgan fingerprint density at radius 2 is 1.94 bits per heavy atom. The molecule has 6 nitrogen and oxygen atoms in total. The molecule has 3 aromatic rings. The van der Waals surface area contributed by atoms with Crippen LogP contribution in [-0.2, 0) is 22.6 Å². The molecule has 34 heavy (non-hydrogen) atoms. The molecule has 0 radical (unpaired) electrons. The number of ether oxygens (including phenoxy) is 1. The van der Waals surface area contributed by atoms with Gasteiger partial charge in [-0.3, -0.25) is 9.69 Å². The van der Waals surface area contributed by atoms with E-state index in [-0.39, 0.29) is 5.91 Å². The summed E-state index contributed by atoms with van der Waals surface area (Å²) in [7, 11) is 1.96. The Morgan fingerprint density at radius 3 is 2.62 bits per heavy atom. The Morgan fingerprint density at radius 1 is 1.21 bits per heavy atom. The molecular weight excluding hydrogens is 444 g/mol. The number of benzene rings is 1. The Hall–Kier alpha value is -2.48. The van der Waals surface area contributed by atoms with E-state index in [1.54, 1.807) is 11.3 Å². The van der Waals surface area contributed by atoms with Gasteiger partial charge in [0.25, 0.3) is 0 Å². The standard InChI is InChI=1S/C27H36N4O2S/c1-17-10-18(2)27(19(3)11-17)29-25(32)14-30(6)15-26-28-24(16-34-26)23-12-20(4)31(21(23)5)13-22-8-7-9-33-22/h10-12,16,22H,7-9,13-15H2,1-6H3,(H,29,32)/t22-/m1/s1. The van der Waals surface area contributed by atoms with Gasteiger partial charge < -0.3 is 14.6 Å². The molecule has 4 rings (SSSR count). The molecule has 0 bridgehead atoms. The summed E-state index contributed by atoms with van der Waals surface area (Å²) in [6, 6.07) is 6.43. The molecule has 1 saturated heterocycles. The predicted octanol–water partition coefficient (Wildman–Crippen LogP) is 5.40. The number of hydrogen-bond donors (Lipinski definition) is 1. The average Bonchev–Trinajstić information content (AvgIpc) is 3.49. The largest absolute Gasteiger partial charge is 0.376 e. The van der Waals surface area contributed by atoms with Crippen LogP contribution in [0.4, 0.5) is 5.69 Å². The number of hydrogen-bond acceptors (Lipinski definition) is 5. The summed E-state index contributed by atoms with van der Waals surface area (Å²) in [6.45, 7) is 13.2. The maximum Gasteiger partial charge on any atom is 0.238 e.